The Labute approximate surface area is 176 Å². The molecule has 0 aliphatic rings. The largest absolute Gasteiger partial charge is 0.489 e. The molecule has 0 aliphatic heterocycles. The number of hydrogen-bond acceptors (Lipinski definition) is 4. The first kappa shape index (κ1) is 22.6. The molecule has 1 heterocycles. The van der Waals surface area contributed by atoms with E-state index in [1.165, 1.54) is 0 Å². The lowest BCUT2D eigenvalue weighted by atomic mass is 10.1. The van der Waals surface area contributed by atoms with Gasteiger partial charge >= 0.3 is 0 Å². The number of ether oxygens (including phenoxy) is 1. The summed E-state index contributed by atoms with van der Waals surface area (Å²) in [5, 5.41) is 11.2. The van der Waals surface area contributed by atoms with E-state index in [1.54, 1.807) is 19.2 Å². The SMILES string of the molecule is CN=C(NCc1cc(C(C)C)no1)NCC(C)Oc1ccc(Cl)cc1.I. The highest BCUT2D eigenvalue weighted by molar-refractivity contribution is 14.0. The number of halogens is 2. The quantitative estimate of drug-likeness (QED) is 0.344. The summed E-state index contributed by atoms with van der Waals surface area (Å²) in [6.07, 6.45) is -0.0300. The van der Waals surface area contributed by atoms with E-state index < -0.39 is 0 Å². The number of guanidine groups is 1. The summed E-state index contributed by atoms with van der Waals surface area (Å²) >= 11 is 5.87. The molecule has 0 saturated carbocycles. The molecule has 0 amide bonds. The monoisotopic (exact) mass is 492 g/mol. The Kier molecular flexibility index (Phi) is 9.79. The van der Waals surface area contributed by atoms with E-state index in [1.807, 2.05) is 25.1 Å². The highest BCUT2D eigenvalue weighted by atomic mass is 127. The van der Waals surface area contributed by atoms with Crippen LogP contribution in [0.3, 0.4) is 0 Å². The van der Waals surface area contributed by atoms with E-state index in [0.29, 0.717) is 30.0 Å². The predicted octanol–water partition coefficient (Wildman–Crippen LogP) is 4.20. The summed E-state index contributed by atoms with van der Waals surface area (Å²) in [6, 6.07) is 9.27. The smallest absolute Gasteiger partial charge is 0.191 e. The first-order valence-electron chi connectivity index (χ1n) is 8.30. The van der Waals surface area contributed by atoms with Gasteiger partial charge in [-0.25, -0.2) is 0 Å². The van der Waals surface area contributed by atoms with E-state index >= 15 is 0 Å². The van der Waals surface area contributed by atoms with Gasteiger partial charge in [-0.1, -0.05) is 30.6 Å². The first-order valence-corrected chi connectivity index (χ1v) is 8.68. The molecule has 0 spiro atoms. The molecule has 0 saturated heterocycles. The molecule has 2 N–H and O–H groups in total. The van der Waals surface area contributed by atoms with Crippen LogP contribution in [0.25, 0.3) is 0 Å². The zero-order chi connectivity index (χ0) is 18.2. The van der Waals surface area contributed by atoms with Crippen molar-refractivity contribution in [2.75, 3.05) is 13.6 Å². The van der Waals surface area contributed by atoms with Crippen LogP contribution in [-0.4, -0.2) is 30.8 Å². The molecule has 8 heteroatoms. The molecule has 2 aromatic rings. The fraction of sp³-hybridized carbons (Fsp3) is 0.444. The summed E-state index contributed by atoms with van der Waals surface area (Å²) in [7, 11) is 1.72. The van der Waals surface area contributed by atoms with Crippen LogP contribution in [0.2, 0.25) is 5.02 Å². The van der Waals surface area contributed by atoms with Crippen molar-refractivity contribution < 1.29 is 9.26 Å². The van der Waals surface area contributed by atoms with E-state index in [0.717, 1.165) is 17.2 Å². The summed E-state index contributed by atoms with van der Waals surface area (Å²) < 4.78 is 11.1. The predicted molar refractivity (Wildman–Crippen MR) is 116 cm³/mol. The average Bonchev–Trinajstić information content (AvgIpc) is 3.06. The molecule has 0 bridgehead atoms. The van der Waals surface area contributed by atoms with Crippen LogP contribution in [0.5, 0.6) is 5.75 Å². The van der Waals surface area contributed by atoms with Crippen molar-refractivity contribution in [1.29, 1.82) is 0 Å². The first-order chi connectivity index (χ1) is 12.0. The maximum absolute atomic E-state index is 5.87. The number of benzene rings is 1. The number of nitrogens with zero attached hydrogens (tertiary/aromatic N) is 2. The number of nitrogens with one attached hydrogen (secondary N) is 2. The number of aliphatic imine (C=N–C) groups is 1. The highest BCUT2D eigenvalue weighted by Crippen LogP contribution is 2.16. The highest BCUT2D eigenvalue weighted by Gasteiger charge is 2.09. The lowest BCUT2D eigenvalue weighted by molar-refractivity contribution is 0.224. The van der Waals surface area contributed by atoms with Gasteiger partial charge in [0.1, 0.15) is 11.9 Å². The van der Waals surface area contributed by atoms with E-state index in [9.17, 15) is 0 Å². The minimum absolute atomic E-state index is 0. The third-order valence-electron chi connectivity index (χ3n) is 3.53. The van der Waals surface area contributed by atoms with Gasteiger partial charge in [0.05, 0.1) is 18.8 Å². The van der Waals surface area contributed by atoms with Gasteiger partial charge in [0.25, 0.3) is 0 Å². The van der Waals surface area contributed by atoms with Crippen LogP contribution in [0.4, 0.5) is 0 Å². The van der Waals surface area contributed by atoms with Crippen molar-refractivity contribution in [2.24, 2.45) is 4.99 Å². The van der Waals surface area contributed by atoms with Gasteiger partial charge in [0.2, 0.25) is 0 Å². The lowest BCUT2D eigenvalue weighted by Crippen LogP contribution is -2.41. The second kappa shape index (κ2) is 11.3. The standard InChI is InChI=1S/C18H25ClN4O2.HI/c1-12(2)17-9-16(25-23-17)11-22-18(20-4)21-10-13(3)24-15-7-5-14(19)6-8-15;/h5-9,12-13H,10-11H2,1-4H3,(H2,20,21,22);1H. The van der Waals surface area contributed by atoms with E-state index in [2.05, 4.69) is 34.6 Å². The molecule has 0 fully saturated rings. The Morgan fingerprint density at radius 3 is 2.50 bits per heavy atom. The molecule has 1 aromatic carbocycles. The van der Waals surface area contributed by atoms with Gasteiger partial charge in [0, 0.05) is 18.1 Å². The molecule has 1 atom stereocenters. The zero-order valence-electron chi connectivity index (χ0n) is 15.5. The normalized spacial score (nSPS) is 12.5. The summed E-state index contributed by atoms with van der Waals surface area (Å²) in [5.74, 6) is 2.58. The second-order valence-electron chi connectivity index (χ2n) is 6.06. The molecular formula is C18H26ClIN4O2. The number of hydrogen-bond donors (Lipinski definition) is 2. The van der Waals surface area contributed by atoms with Crippen LogP contribution in [0.15, 0.2) is 39.8 Å². The Bertz CT molecular complexity index is 689. The molecule has 2 rings (SSSR count). The van der Waals surface area contributed by atoms with Gasteiger partial charge in [0.15, 0.2) is 11.7 Å². The van der Waals surface area contributed by atoms with E-state index in [4.69, 9.17) is 20.9 Å². The molecule has 0 radical (unpaired) electrons. The van der Waals surface area contributed by atoms with Crippen molar-refractivity contribution in [2.45, 2.75) is 39.3 Å². The maximum atomic E-state index is 5.87. The summed E-state index contributed by atoms with van der Waals surface area (Å²) in [6.45, 7) is 7.28. The Hall–Kier alpha value is -1.48. The summed E-state index contributed by atoms with van der Waals surface area (Å²) in [4.78, 5) is 4.19. The van der Waals surface area contributed by atoms with Gasteiger partial charge in [-0.05, 0) is 37.1 Å². The molecule has 1 aromatic heterocycles. The van der Waals surface area contributed by atoms with Crippen molar-refractivity contribution in [3.63, 3.8) is 0 Å². The molecule has 144 valence electrons. The molecular weight excluding hydrogens is 467 g/mol. The van der Waals surface area contributed by atoms with Crippen molar-refractivity contribution in [1.82, 2.24) is 15.8 Å². The van der Waals surface area contributed by atoms with E-state index in [-0.39, 0.29) is 30.1 Å². The summed E-state index contributed by atoms with van der Waals surface area (Å²) in [5.41, 5.74) is 0.949. The number of aromatic nitrogens is 1. The number of rotatable bonds is 7. The van der Waals surface area contributed by atoms with Crippen LogP contribution in [-0.2, 0) is 6.54 Å². The van der Waals surface area contributed by atoms with Crippen LogP contribution >= 0.6 is 35.6 Å². The Morgan fingerprint density at radius 1 is 1.23 bits per heavy atom. The topological polar surface area (TPSA) is 71.7 Å². The minimum atomic E-state index is -0.0300. The third-order valence-corrected chi connectivity index (χ3v) is 3.78. The minimum Gasteiger partial charge on any atom is -0.489 e. The van der Waals surface area contributed by atoms with Gasteiger partial charge in [-0.2, -0.15) is 0 Å². The fourth-order valence-electron chi connectivity index (χ4n) is 2.10. The zero-order valence-corrected chi connectivity index (χ0v) is 18.5. The molecule has 6 nitrogen and oxygen atoms in total. The van der Waals surface area contributed by atoms with Gasteiger partial charge < -0.3 is 19.9 Å². The fourth-order valence-corrected chi connectivity index (χ4v) is 2.23. The third kappa shape index (κ3) is 7.41. The van der Waals surface area contributed by atoms with Crippen LogP contribution in [0, 0.1) is 0 Å². The van der Waals surface area contributed by atoms with Gasteiger partial charge in [-0.3, -0.25) is 4.99 Å². The Balaban J connectivity index is 0.00000338. The Morgan fingerprint density at radius 2 is 1.92 bits per heavy atom. The van der Waals surface area contributed by atoms with Gasteiger partial charge in [-0.15, -0.1) is 24.0 Å². The maximum Gasteiger partial charge on any atom is 0.191 e. The van der Waals surface area contributed by atoms with Crippen LogP contribution in [0.1, 0.15) is 38.1 Å². The average molecular weight is 493 g/mol. The van der Waals surface area contributed by atoms with Crippen LogP contribution < -0.4 is 15.4 Å². The van der Waals surface area contributed by atoms with Crippen molar-refractivity contribution >= 4 is 41.5 Å². The molecule has 26 heavy (non-hydrogen) atoms. The molecule has 1 unspecified atom stereocenters. The molecule has 0 aliphatic carbocycles. The second-order valence-corrected chi connectivity index (χ2v) is 6.50. The lowest BCUT2D eigenvalue weighted by Gasteiger charge is -2.17. The van der Waals surface area contributed by atoms with Crippen molar-refractivity contribution in [3.8, 4) is 5.75 Å². The van der Waals surface area contributed by atoms with Crippen molar-refractivity contribution in [3.05, 3.63) is 46.8 Å².